The van der Waals surface area contributed by atoms with Crippen molar-refractivity contribution in [2.24, 2.45) is 11.1 Å². The van der Waals surface area contributed by atoms with Gasteiger partial charge in [0, 0.05) is 29.4 Å². The van der Waals surface area contributed by atoms with Crippen molar-refractivity contribution in [3.05, 3.63) is 60.0 Å². The van der Waals surface area contributed by atoms with E-state index in [1.807, 2.05) is 6.07 Å². The molecule has 3 aliphatic rings. The largest absolute Gasteiger partial charge is 0.368 e. The Kier molecular flexibility index (Phi) is 3.14. The minimum atomic E-state index is -3.68. The van der Waals surface area contributed by atoms with Gasteiger partial charge in [-0.25, -0.2) is 13.6 Å². The highest BCUT2D eigenvalue weighted by atomic mass is 32.2. The van der Waals surface area contributed by atoms with E-state index >= 15 is 0 Å². The highest BCUT2D eigenvalue weighted by molar-refractivity contribution is 7.89. The SMILES string of the molecule is C=C1Cc2cc(S(N)(=O)=O)ccc2N1C1CC2CC=CC=C2N1. The summed E-state index contributed by atoms with van der Waals surface area (Å²) in [5, 5.41) is 8.81. The standard InChI is InChI=1S/C17H19N3O2S/c1-11-8-13-9-14(23(18,21)22)6-7-16(13)20(11)17-10-12-4-2-3-5-15(12)19-17/h2-3,5-7,9,12,17,19H,1,4,8,10H2,(H2,18,21,22). The van der Waals surface area contributed by atoms with Crippen LogP contribution < -0.4 is 15.4 Å². The van der Waals surface area contributed by atoms with E-state index in [0.717, 1.165) is 29.8 Å². The van der Waals surface area contributed by atoms with Gasteiger partial charge in [-0.05, 0) is 42.7 Å². The van der Waals surface area contributed by atoms with E-state index in [9.17, 15) is 8.42 Å². The number of nitrogens with two attached hydrogens (primary N) is 1. The zero-order chi connectivity index (χ0) is 16.2. The summed E-state index contributed by atoms with van der Waals surface area (Å²) < 4.78 is 23.1. The van der Waals surface area contributed by atoms with E-state index in [0.29, 0.717) is 12.3 Å². The minimum absolute atomic E-state index is 0.158. The average molecular weight is 329 g/mol. The normalized spacial score (nSPS) is 25.9. The number of nitrogens with zero attached hydrogens (tertiary/aromatic N) is 1. The lowest BCUT2D eigenvalue weighted by atomic mass is 9.96. The monoisotopic (exact) mass is 329 g/mol. The molecule has 2 heterocycles. The van der Waals surface area contributed by atoms with E-state index < -0.39 is 10.0 Å². The Morgan fingerprint density at radius 2 is 2.17 bits per heavy atom. The first-order chi connectivity index (χ1) is 10.9. The fraction of sp³-hybridized carbons (Fsp3) is 0.294. The molecule has 120 valence electrons. The van der Waals surface area contributed by atoms with Crippen LogP contribution in [-0.2, 0) is 16.4 Å². The number of rotatable bonds is 2. The summed E-state index contributed by atoms with van der Waals surface area (Å²) in [6.07, 6.45) is 9.32. The van der Waals surface area contributed by atoms with Crippen LogP contribution in [0.15, 0.2) is 59.3 Å². The lowest BCUT2D eigenvalue weighted by Crippen LogP contribution is -2.39. The Balaban J connectivity index is 1.67. The van der Waals surface area contributed by atoms with Gasteiger partial charge in [0.15, 0.2) is 0 Å². The van der Waals surface area contributed by atoms with Gasteiger partial charge in [0.1, 0.15) is 6.17 Å². The van der Waals surface area contributed by atoms with Gasteiger partial charge in [0.25, 0.3) is 0 Å². The number of sulfonamides is 1. The number of benzene rings is 1. The maximum atomic E-state index is 11.5. The molecule has 6 heteroatoms. The van der Waals surface area contributed by atoms with Gasteiger partial charge in [-0.3, -0.25) is 0 Å². The molecule has 0 aromatic heterocycles. The Morgan fingerprint density at radius 1 is 1.35 bits per heavy atom. The zero-order valence-electron chi connectivity index (χ0n) is 12.7. The van der Waals surface area contributed by atoms with E-state index in [2.05, 4.69) is 35.0 Å². The number of primary sulfonamides is 1. The van der Waals surface area contributed by atoms with Gasteiger partial charge >= 0.3 is 0 Å². The third kappa shape index (κ3) is 2.38. The first kappa shape index (κ1) is 14.5. The van der Waals surface area contributed by atoms with Crippen LogP contribution in [0.1, 0.15) is 18.4 Å². The van der Waals surface area contributed by atoms with Crippen molar-refractivity contribution in [1.29, 1.82) is 0 Å². The first-order valence-electron chi connectivity index (χ1n) is 7.69. The fourth-order valence-electron chi connectivity index (χ4n) is 3.74. The van der Waals surface area contributed by atoms with Gasteiger partial charge in [0.05, 0.1) is 4.90 Å². The quantitative estimate of drug-likeness (QED) is 0.870. The van der Waals surface area contributed by atoms with Gasteiger partial charge in [-0.2, -0.15) is 0 Å². The van der Waals surface area contributed by atoms with Gasteiger partial charge < -0.3 is 10.2 Å². The van der Waals surface area contributed by atoms with Crippen molar-refractivity contribution in [3.8, 4) is 0 Å². The van der Waals surface area contributed by atoms with Crippen LogP contribution in [0, 0.1) is 5.92 Å². The molecule has 5 nitrogen and oxygen atoms in total. The van der Waals surface area contributed by atoms with E-state index in [4.69, 9.17) is 5.14 Å². The van der Waals surface area contributed by atoms with Crippen molar-refractivity contribution in [3.63, 3.8) is 0 Å². The lowest BCUT2D eigenvalue weighted by Gasteiger charge is -2.28. The summed E-state index contributed by atoms with van der Waals surface area (Å²) in [6.45, 7) is 4.17. The highest BCUT2D eigenvalue weighted by Gasteiger charge is 2.37. The first-order valence-corrected chi connectivity index (χ1v) is 9.24. The van der Waals surface area contributed by atoms with Crippen LogP contribution in [0.3, 0.4) is 0 Å². The fourth-order valence-corrected chi connectivity index (χ4v) is 4.30. The molecule has 1 aromatic rings. The van der Waals surface area contributed by atoms with Crippen LogP contribution in [0.25, 0.3) is 0 Å². The Hall–Kier alpha value is -2.05. The van der Waals surface area contributed by atoms with Gasteiger partial charge in [-0.1, -0.05) is 18.7 Å². The number of anilines is 1. The smallest absolute Gasteiger partial charge is 0.238 e. The van der Waals surface area contributed by atoms with Gasteiger partial charge in [0.2, 0.25) is 10.0 Å². The lowest BCUT2D eigenvalue weighted by molar-refractivity contribution is 0.560. The van der Waals surface area contributed by atoms with Crippen LogP contribution in [0.4, 0.5) is 5.69 Å². The molecule has 0 saturated carbocycles. The van der Waals surface area contributed by atoms with Crippen LogP contribution in [0.5, 0.6) is 0 Å². The summed E-state index contributed by atoms with van der Waals surface area (Å²) >= 11 is 0. The van der Waals surface area contributed by atoms with Crippen molar-refractivity contribution in [2.45, 2.75) is 30.3 Å². The van der Waals surface area contributed by atoms with Crippen molar-refractivity contribution < 1.29 is 8.42 Å². The Labute approximate surface area is 136 Å². The molecule has 2 atom stereocenters. The third-order valence-electron chi connectivity index (χ3n) is 4.80. The van der Waals surface area contributed by atoms with Crippen LogP contribution in [-0.4, -0.2) is 14.6 Å². The molecule has 4 rings (SSSR count). The summed E-state index contributed by atoms with van der Waals surface area (Å²) in [5.74, 6) is 0.533. The predicted molar refractivity (Wildman–Crippen MR) is 90.0 cm³/mol. The molecular formula is C17H19N3O2S. The molecule has 0 bridgehead atoms. The Bertz CT molecular complexity index is 855. The molecule has 1 aromatic carbocycles. The van der Waals surface area contributed by atoms with E-state index in [-0.39, 0.29) is 11.1 Å². The van der Waals surface area contributed by atoms with Crippen LogP contribution in [0.2, 0.25) is 0 Å². The molecule has 1 saturated heterocycles. The molecule has 1 aliphatic carbocycles. The summed E-state index contributed by atoms with van der Waals surface area (Å²) in [6, 6.07) is 5.07. The Morgan fingerprint density at radius 3 is 2.91 bits per heavy atom. The molecule has 0 spiro atoms. The second-order valence-corrected chi connectivity index (χ2v) is 7.89. The number of allylic oxidation sites excluding steroid dienone is 5. The van der Waals surface area contributed by atoms with Crippen molar-refractivity contribution >= 4 is 15.7 Å². The third-order valence-corrected chi connectivity index (χ3v) is 5.71. The molecule has 3 N–H and O–H groups in total. The minimum Gasteiger partial charge on any atom is -0.368 e. The number of fused-ring (bicyclic) bond motifs is 2. The number of hydrogen-bond acceptors (Lipinski definition) is 4. The molecule has 1 fully saturated rings. The molecular weight excluding hydrogens is 310 g/mol. The average Bonchev–Trinajstić information content (AvgIpc) is 3.04. The highest BCUT2D eigenvalue weighted by Crippen LogP contribution is 2.41. The zero-order valence-corrected chi connectivity index (χ0v) is 13.5. The molecule has 2 unspecified atom stereocenters. The number of hydrogen-bond donors (Lipinski definition) is 2. The number of nitrogens with one attached hydrogen (secondary N) is 1. The van der Waals surface area contributed by atoms with Crippen molar-refractivity contribution in [2.75, 3.05) is 4.90 Å². The maximum absolute atomic E-state index is 11.5. The topological polar surface area (TPSA) is 75.4 Å². The maximum Gasteiger partial charge on any atom is 0.238 e. The second kappa shape index (κ2) is 4.97. The van der Waals surface area contributed by atoms with Crippen LogP contribution >= 0.6 is 0 Å². The molecule has 2 aliphatic heterocycles. The molecule has 0 radical (unpaired) electrons. The van der Waals surface area contributed by atoms with E-state index in [1.165, 1.54) is 5.70 Å². The molecule has 0 amide bonds. The summed E-state index contributed by atoms with van der Waals surface area (Å²) in [4.78, 5) is 2.35. The predicted octanol–water partition coefficient (Wildman–Crippen LogP) is 1.99. The second-order valence-electron chi connectivity index (χ2n) is 6.33. The summed E-state index contributed by atoms with van der Waals surface area (Å²) in [7, 11) is -3.68. The van der Waals surface area contributed by atoms with E-state index in [1.54, 1.807) is 12.1 Å². The molecule has 23 heavy (non-hydrogen) atoms. The summed E-state index contributed by atoms with van der Waals surface area (Å²) in [5.41, 5.74) is 4.24. The van der Waals surface area contributed by atoms with Gasteiger partial charge in [-0.15, -0.1) is 0 Å². The van der Waals surface area contributed by atoms with Crippen molar-refractivity contribution in [1.82, 2.24) is 5.32 Å².